The van der Waals surface area contributed by atoms with E-state index in [9.17, 15) is 22.8 Å². The lowest BCUT2D eigenvalue weighted by Gasteiger charge is -2.25. The Morgan fingerprint density at radius 2 is 1.60 bits per heavy atom. The highest BCUT2D eigenvalue weighted by atomic mass is 32.2. The Kier molecular flexibility index (Phi) is 5.70. The van der Waals surface area contributed by atoms with Gasteiger partial charge in [0.1, 0.15) is 6.04 Å². The Morgan fingerprint density at radius 3 is 2.23 bits per heavy atom. The molecular weight excluding hydrogens is 486 g/mol. The van der Waals surface area contributed by atoms with E-state index < -0.39 is 33.6 Å². The Bertz CT molecular complexity index is 1560. The number of carbonyl (C=O) groups is 3. The first kappa shape index (κ1) is 22.9. The second kappa shape index (κ2) is 8.71. The minimum absolute atomic E-state index is 0.126. The first-order valence-corrected chi connectivity index (χ1v) is 13.4. The van der Waals surface area contributed by atoms with Gasteiger partial charge in [0.05, 0.1) is 26.2 Å². The number of hydrogen-bond acceptors (Lipinski definition) is 7. The lowest BCUT2D eigenvalue weighted by molar-refractivity contribution is -0.119. The fourth-order valence-corrected chi connectivity index (χ4v) is 5.64. The zero-order chi connectivity index (χ0) is 24.7. The summed E-state index contributed by atoms with van der Waals surface area (Å²) < 4.78 is 24.3. The number of nitrogens with one attached hydrogen (secondary N) is 1. The lowest BCUT2D eigenvalue weighted by Crippen LogP contribution is -2.48. The second-order valence-corrected chi connectivity index (χ2v) is 11.2. The van der Waals surface area contributed by atoms with Crippen molar-refractivity contribution >= 4 is 54.2 Å². The molecule has 35 heavy (non-hydrogen) atoms. The van der Waals surface area contributed by atoms with Crippen molar-refractivity contribution in [2.45, 2.75) is 17.4 Å². The maximum atomic E-state index is 13.5. The Hall–Kier alpha value is -3.89. The predicted octanol–water partition coefficient (Wildman–Crippen LogP) is 3.55. The number of aromatic nitrogens is 1. The first-order chi connectivity index (χ1) is 16.7. The third-order valence-corrected chi connectivity index (χ3v) is 7.77. The highest BCUT2D eigenvalue weighted by Gasteiger charge is 2.42. The van der Waals surface area contributed by atoms with Crippen LogP contribution in [-0.2, 0) is 21.1 Å². The van der Waals surface area contributed by atoms with Crippen molar-refractivity contribution in [2.24, 2.45) is 0 Å². The van der Waals surface area contributed by atoms with Gasteiger partial charge < -0.3 is 5.32 Å². The van der Waals surface area contributed by atoms with E-state index >= 15 is 0 Å². The van der Waals surface area contributed by atoms with Gasteiger partial charge in [0.25, 0.3) is 11.8 Å². The number of anilines is 1. The number of benzene rings is 3. The molecule has 8 nitrogen and oxygen atoms in total. The predicted molar refractivity (Wildman–Crippen MR) is 132 cm³/mol. The monoisotopic (exact) mass is 505 g/mol. The molecule has 3 aromatic carbocycles. The molecule has 0 aliphatic carbocycles. The van der Waals surface area contributed by atoms with E-state index in [0.29, 0.717) is 10.2 Å². The van der Waals surface area contributed by atoms with Gasteiger partial charge in [-0.2, -0.15) is 0 Å². The van der Waals surface area contributed by atoms with E-state index in [2.05, 4.69) is 10.3 Å². The number of imide groups is 1. The van der Waals surface area contributed by atoms with Gasteiger partial charge in [-0.3, -0.25) is 19.3 Å². The van der Waals surface area contributed by atoms with Crippen LogP contribution in [0.1, 0.15) is 26.3 Å². The van der Waals surface area contributed by atoms with Gasteiger partial charge in [0.2, 0.25) is 5.91 Å². The standard InChI is InChI=1S/C25H19N3O5S2/c1-35(32,33)16-11-12-19-21(14-16)34-25(26-19)27-22(29)20(13-15-7-3-2-4-8-15)28-23(30)17-9-5-6-10-18(17)24(28)31/h2-12,14,20H,13H2,1H3,(H,26,27,29). The molecule has 176 valence electrons. The number of nitrogens with zero attached hydrogens (tertiary/aromatic N) is 2. The maximum Gasteiger partial charge on any atom is 0.262 e. The van der Waals surface area contributed by atoms with E-state index in [0.717, 1.165) is 28.1 Å². The van der Waals surface area contributed by atoms with E-state index in [1.165, 1.54) is 12.1 Å². The zero-order valence-electron chi connectivity index (χ0n) is 18.5. The van der Waals surface area contributed by atoms with Crippen molar-refractivity contribution in [2.75, 3.05) is 11.6 Å². The summed E-state index contributed by atoms with van der Waals surface area (Å²) >= 11 is 1.12. The van der Waals surface area contributed by atoms with Crippen LogP contribution in [0.4, 0.5) is 5.13 Å². The van der Waals surface area contributed by atoms with Crippen molar-refractivity contribution < 1.29 is 22.8 Å². The van der Waals surface area contributed by atoms with Crippen molar-refractivity contribution in [1.29, 1.82) is 0 Å². The molecule has 10 heteroatoms. The topological polar surface area (TPSA) is 114 Å². The number of fused-ring (bicyclic) bond motifs is 2. The molecule has 4 aromatic rings. The minimum Gasteiger partial charge on any atom is -0.300 e. The summed E-state index contributed by atoms with van der Waals surface area (Å²) in [5, 5.41) is 2.97. The van der Waals surface area contributed by atoms with Crippen molar-refractivity contribution in [3.05, 3.63) is 89.5 Å². The molecule has 5 rings (SSSR count). The van der Waals surface area contributed by atoms with Crippen molar-refractivity contribution in [3.8, 4) is 0 Å². The van der Waals surface area contributed by atoms with Crippen LogP contribution in [0.15, 0.2) is 77.7 Å². The summed E-state index contributed by atoms with van der Waals surface area (Å²) in [5.74, 6) is -1.61. The van der Waals surface area contributed by atoms with Crippen LogP contribution in [-0.4, -0.2) is 48.3 Å². The van der Waals surface area contributed by atoms with Crippen LogP contribution in [0, 0.1) is 0 Å². The van der Waals surface area contributed by atoms with Crippen LogP contribution >= 0.6 is 11.3 Å². The smallest absolute Gasteiger partial charge is 0.262 e. The van der Waals surface area contributed by atoms with E-state index in [4.69, 9.17) is 0 Å². The zero-order valence-corrected chi connectivity index (χ0v) is 20.1. The summed E-state index contributed by atoms with van der Waals surface area (Å²) in [6.07, 6.45) is 1.25. The van der Waals surface area contributed by atoms with Crippen molar-refractivity contribution in [3.63, 3.8) is 0 Å². The minimum atomic E-state index is -3.40. The number of carbonyl (C=O) groups excluding carboxylic acids is 3. The van der Waals surface area contributed by atoms with E-state index in [1.807, 2.05) is 30.3 Å². The first-order valence-electron chi connectivity index (χ1n) is 10.6. The molecule has 1 unspecified atom stereocenters. The fourth-order valence-electron chi connectivity index (χ4n) is 4.01. The van der Waals surface area contributed by atoms with E-state index in [1.54, 1.807) is 30.3 Å². The highest BCUT2D eigenvalue weighted by Crippen LogP contribution is 2.30. The summed E-state index contributed by atoms with van der Waals surface area (Å²) in [5.41, 5.74) is 1.83. The number of sulfone groups is 1. The van der Waals surface area contributed by atoms with Crippen LogP contribution in [0.3, 0.4) is 0 Å². The number of amides is 3. The third kappa shape index (κ3) is 4.33. The molecule has 1 aliphatic rings. The summed E-state index contributed by atoms with van der Waals surface area (Å²) in [6.45, 7) is 0. The second-order valence-electron chi connectivity index (χ2n) is 8.14. The summed E-state index contributed by atoms with van der Waals surface area (Å²) in [6, 6.07) is 19.0. The van der Waals surface area contributed by atoms with E-state index in [-0.39, 0.29) is 27.6 Å². The number of thiazole rings is 1. The Labute approximate surface area is 205 Å². The van der Waals surface area contributed by atoms with Gasteiger partial charge in [-0.25, -0.2) is 13.4 Å². The highest BCUT2D eigenvalue weighted by molar-refractivity contribution is 7.90. The van der Waals surface area contributed by atoms with Gasteiger partial charge >= 0.3 is 0 Å². The SMILES string of the molecule is CS(=O)(=O)c1ccc2nc(NC(=O)C(Cc3ccccc3)N3C(=O)c4ccccc4C3=O)sc2c1. The van der Waals surface area contributed by atoms with Crippen LogP contribution in [0.5, 0.6) is 0 Å². The molecule has 0 bridgehead atoms. The maximum absolute atomic E-state index is 13.5. The molecule has 0 radical (unpaired) electrons. The summed E-state index contributed by atoms with van der Waals surface area (Å²) in [4.78, 5) is 45.2. The molecule has 2 heterocycles. The van der Waals surface area contributed by atoms with Gasteiger partial charge in [-0.05, 0) is 35.9 Å². The van der Waals surface area contributed by atoms with Crippen LogP contribution in [0.25, 0.3) is 10.2 Å². The van der Waals surface area contributed by atoms with Crippen molar-refractivity contribution in [1.82, 2.24) is 9.88 Å². The van der Waals surface area contributed by atoms with Gasteiger partial charge in [-0.1, -0.05) is 53.8 Å². The summed E-state index contributed by atoms with van der Waals surface area (Å²) in [7, 11) is -3.40. The molecule has 0 saturated carbocycles. The molecule has 1 N–H and O–H groups in total. The molecule has 1 atom stereocenters. The van der Waals surface area contributed by atoms with Gasteiger partial charge in [0.15, 0.2) is 15.0 Å². The Balaban J connectivity index is 1.48. The van der Waals surface area contributed by atoms with Crippen LogP contribution < -0.4 is 5.32 Å². The van der Waals surface area contributed by atoms with Crippen LogP contribution in [0.2, 0.25) is 0 Å². The molecule has 0 spiro atoms. The molecule has 1 aliphatic heterocycles. The quantitative estimate of drug-likeness (QED) is 0.401. The van der Waals surface area contributed by atoms with Gasteiger partial charge in [-0.15, -0.1) is 0 Å². The third-order valence-electron chi connectivity index (χ3n) is 5.73. The molecule has 0 fully saturated rings. The lowest BCUT2D eigenvalue weighted by atomic mass is 10.0. The average Bonchev–Trinajstić information content (AvgIpc) is 3.35. The normalized spacial score (nSPS) is 14.3. The largest absolute Gasteiger partial charge is 0.300 e. The molecular formula is C25H19N3O5S2. The molecule has 1 aromatic heterocycles. The molecule has 3 amide bonds. The number of hydrogen-bond donors (Lipinski definition) is 1. The number of rotatable bonds is 6. The molecule has 0 saturated heterocycles. The average molecular weight is 506 g/mol. The Morgan fingerprint density at radius 1 is 0.971 bits per heavy atom. The van der Waals surface area contributed by atoms with Gasteiger partial charge in [0, 0.05) is 12.7 Å². The fraction of sp³-hybridized carbons (Fsp3) is 0.120.